The fourth-order valence-corrected chi connectivity index (χ4v) is 4.24. The number of nitrogens with zero attached hydrogens (tertiary/aromatic N) is 1. The zero-order valence-electron chi connectivity index (χ0n) is 11.6. The molecule has 0 aromatic heterocycles. The smallest absolute Gasteiger partial charge is 0.0334 e. The predicted octanol–water partition coefficient (Wildman–Crippen LogP) is 2.78. The molecular weight excluding hydrogens is 208 g/mol. The molecule has 3 rings (SSSR count). The fraction of sp³-hybridized carbons (Fsp3) is 1.00. The molecule has 0 aromatic carbocycles. The maximum atomic E-state index is 3.94. The van der Waals surface area contributed by atoms with Gasteiger partial charge in [0.25, 0.3) is 0 Å². The van der Waals surface area contributed by atoms with Crippen molar-refractivity contribution in [2.24, 2.45) is 5.92 Å². The van der Waals surface area contributed by atoms with Crippen LogP contribution < -0.4 is 5.32 Å². The van der Waals surface area contributed by atoms with Crippen molar-refractivity contribution in [3.05, 3.63) is 0 Å². The van der Waals surface area contributed by atoms with Gasteiger partial charge in [-0.2, -0.15) is 0 Å². The summed E-state index contributed by atoms with van der Waals surface area (Å²) in [5.74, 6) is 0.956. The first-order chi connectivity index (χ1) is 8.19. The Kier molecular flexibility index (Phi) is 2.99. The molecule has 0 aromatic rings. The molecule has 0 bridgehead atoms. The van der Waals surface area contributed by atoms with E-state index in [1.807, 2.05) is 0 Å². The molecule has 2 nitrogen and oxygen atoms in total. The van der Waals surface area contributed by atoms with Crippen molar-refractivity contribution < 1.29 is 0 Å². The van der Waals surface area contributed by atoms with Crippen LogP contribution in [-0.2, 0) is 0 Å². The first-order valence-electron chi connectivity index (χ1n) is 7.69. The van der Waals surface area contributed by atoms with Crippen LogP contribution in [0.4, 0.5) is 0 Å². The average molecular weight is 236 g/mol. The van der Waals surface area contributed by atoms with Gasteiger partial charge in [-0.05, 0) is 45.1 Å². The molecule has 1 N–H and O–H groups in total. The number of hydrogen-bond donors (Lipinski definition) is 1. The minimum Gasteiger partial charge on any atom is -0.308 e. The Bertz CT molecular complexity index is 279. The number of piperazine rings is 1. The first-order valence-corrected chi connectivity index (χ1v) is 7.69. The van der Waals surface area contributed by atoms with Crippen LogP contribution in [0.1, 0.15) is 58.8 Å². The van der Waals surface area contributed by atoms with Gasteiger partial charge in [0.15, 0.2) is 0 Å². The molecule has 2 heteroatoms. The molecular formula is C15H28N2. The Balaban J connectivity index is 1.75. The molecule has 17 heavy (non-hydrogen) atoms. The van der Waals surface area contributed by atoms with E-state index in [0.717, 1.165) is 5.92 Å². The van der Waals surface area contributed by atoms with Gasteiger partial charge in [0, 0.05) is 24.2 Å². The second kappa shape index (κ2) is 4.24. The quantitative estimate of drug-likeness (QED) is 0.793. The molecule has 2 saturated carbocycles. The second-order valence-corrected chi connectivity index (χ2v) is 6.84. The van der Waals surface area contributed by atoms with E-state index < -0.39 is 0 Å². The molecule has 1 unspecified atom stereocenters. The van der Waals surface area contributed by atoms with Crippen LogP contribution >= 0.6 is 0 Å². The summed E-state index contributed by atoms with van der Waals surface area (Å²) in [6.45, 7) is 8.59. The van der Waals surface area contributed by atoms with Gasteiger partial charge in [0.05, 0.1) is 0 Å². The summed E-state index contributed by atoms with van der Waals surface area (Å²) < 4.78 is 0. The van der Waals surface area contributed by atoms with E-state index in [0.29, 0.717) is 11.1 Å². The SMILES string of the molecule is CCN1CC(C)(C2CC2)NCC12CCCCC2. The minimum atomic E-state index is 0.415. The zero-order chi connectivity index (χ0) is 11.9. The molecule has 1 spiro atoms. The zero-order valence-corrected chi connectivity index (χ0v) is 11.6. The second-order valence-electron chi connectivity index (χ2n) is 6.84. The van der Waals surface area contributed by atoms with Gasteiger partial charge >= 0.3 is 0 Å². The van der Waals surface area contributed by atoms with Crippen molar-refractivity contribution in [1.82, 2.24) is 10.2 Å². The Morgan fingerprint density at radius 2 is 1.88 bits per heavy atom. The van der Waals surface area contributed by atoms with Gasteiger partial charge in [0.2, 0.25) is 0 Å². The summed E-state index contributed by atoms with van der Waals surface area (Å²) in [7, 11) is 0. The van der Waals surface area contributed by atoms with E-state index in [1.54, 1.807) is 0 Å². The Morgan fingerprint density at radius 1 is 1.18 bits per heavy atom. The van der Waals surface area contributed by atoms with Crippen molar-refractivity contribution in [1.29, 1.82) is 0 Å². The monoisotopic (exact) mass is 236 g/mol. The third kappa shape index (κ3) is 2.04. The van der Waals surface area contributed by atoms with Gasteiger partial charge in [-0.25, -0.2) is 0 Å². The van der Waals surface area contributed by atoms with Crippen LogP contribution in [0, 0.1) is 5.92 Å². The highest BCUT2D eigenvalue weighted by Gasteiger charge is 2.50. The van der Waals surface area contributed by atoms with Gasteiger partial charge in [0.1, 0.15) is 0 Å². The van der Waals surface area contributed by atoms with Gasteiger partial charge in [-0.3, -0.25) is 4.90 Å². The lowest BCUT2D eigenvalue weighted by atomic mass is 9.76. The maximum Gasteiger partial charge on any atom is 0.0334 e. The van der Waals surface area contributed by atoms with E-state index in [2.05, 4.69) is 24.1 Å². The highest BCUT2D eigenvalue weighted by atomic mass is 15.3. The van der Waals surface area contributed by atoms with Crippen LogP contribution in [-0.4, -0.2) is 35.6 Å². The summed E-state index contributed by atoms with van der Waals surface area (Å²) in [6.07, 6.45) is 10.1. The van der Waals surface area contributed by atoms with Gasteiger partial charge < -0.3 is 5.32 Å². The van der Waals surface area contributed by atoms with E-state index in [9.17, 15) is 0 Å². The van der Waals surface area contributed by atoms with Gasteiger partial charge in [-0.15, -0.1) is 0 Å². The van der Waals surface area contributed by atoms with Crippen molar-refractivity contribution >= 4 is 0 Å². The van der Waals surface area contributed by atoms with Crippen LogP contribution in [0.15, 0.2) is 0 Å². The minimum absolute atomic E-state index is 0.415. The van der Waals surface area contributed by atoms with Crippen molar-refractivity contribution in [3.63, 3.8) is 0 Å². The normalized spacial score (nSPS) is 38.5. The molecule has 2 aliphatic carbocycles. The fourth-order valence-electron chi connectivity index (χ4n) is 4.24. The third-order valence-corrected chi connectivity index (χ3v) is 5.66. The standard InChI is InChI=1S/C15H28N2/c1-3-17-12-14(2,13-7-8-13)16-11-15(17)9-5-4-6-10-15/h13,16H,3-12H2,1-2H3. The average Bonchev–Trinajstić information content (AvgIpc) is 3.19. The molecule has 0 radical (unpaired) electrons. The lowest BCUT2D eigenvalue weighted by Gasteiger charge is -2.55. The summed E-state index contributed by atoms with van der Waals surface area (Å²) in [4.78, 5) is 2.82. The van der Waals surface area contributed by atoms with Crippen LogP contribution in [0.25, 0.3) is 0 Å². The largest absolute Gasteiger partial charge is 0.308 e. The first kappa shape index (κ1) is 12.0. The maximum absolute atomic E-state index is 3.94. The summed E-state index contributed by atoms with van der Waals surface area (Å²) >= 11 is 0. The Labute approximate surface area is 106 Å². The van der Waals surface area contributed by atoms with Crippen LogP contribution in [0.2, 0.25) is 0 Å². The molecule has 1 saturated heterocycles. The molecule has 1 aliphatic heterocycles. The molecule has 3 aliphatic rings. The third-order valence-electron chi connectivity index (χ3n) is 5.66. The van der Waals surface area contributed by atoms with E-state index in [4.69, 9.17) is 0 Å². The summed E-state index contributed by atoms with van der Waals surface area (Å²) in [5.41, 5.74) is 0.931. The van der Waals surface area contributed by atoms with Crippen molar-refractivity contribution in [3.8, 4) is 0 Å². The topological polar surface area (TPSA) is 15.3 Å². The number of rotatable bonds is 2. The molecule has 1 atom stereocenters. The molecule has 98 valence electrons. The van der Waals surface area contributed by atoms with Crippen LogP contribution in [0.3, 0.4) is 0 Å². The van der Waals surface area contributed by atoms with Crippen molar-refractivity contribution in [2.45, 2.75) is 69.9 Å². The Hall–Kier alpha value is -0.0800. The lowest BCUT2D eigenvalue weighted by molar-refractivity contribution is -0.0168. The molecule has 0 amide bonds. The Morgan fingerprint density at radius 3 is 2.47 bits per heavy atom. The number of nitrogens with one attached hydrogen (secondary N) is 1. The van der Waals surface area contributed by atoms with Crippen LogP contribution in [0.5, 0.6) is 0 Å². The van der Waals surface area contributed by atoms with Crippen molar-refractivity contribution in [2.75, 3.05) is 19.6 Å². The highest BCUT2D eigenvalue weighted by Crippen LogP contribution is 2.45. The summed E-state index contributed by atoms with van der Waals surface area (Å²) in [6, 6.07) is 0. The number of hydrogen-bond acceptors (Lipinski definition) is 2. The lowest BCUT2D eigenvalue weighted by Crippen LogP contribution is -2.70. The van der Waals surface area contributed by atoms with E-state index in [-0.39, 0.29) is 0 Å². The highest BCUT2D eigenvalue weighted by molar-refractivity contribution is 5.09. The van der Waals surface area contributed by atoms with E-state index >= 15 is 0 Å². The van der Waals surface area contributed by atoms with E-state index in [1.165, 1.54) is 64.6 Å². The predicted molar refractivity (Wildman–Crippen MR) is 72.2 cm³/mol. The number of likely N-dealkylation sites (N-methyl/N-ethyl adjacent to an activating group) is 1. The van der Waals surface area contributed by atoms with Gasteiger partial charge in [-0.1, -0.05) is 26.2 Å². The molecule has 1 heterocycles. The summed E-state index contributed by atoms with van der Waals surface area (Å²) in [5, 5.41) is 3.94. The molecule has 3 fully saturated rings.